The molecule has 0 aromatic carbocycles. The molecule has 0 radical (unpaired) electrons. The minimum Gasteiger partial charge on any atom is -0.338 e. The lowest BCUT2D eigenvalue weighted by Crippen LogP contribution is -2.47. The Hall–Kier alpha value is -0.110. The van der Waals surface area contributed by atoms with Crippen molar-refractivity contribution >= 4 is 29.6 Å². The fraction of sp³-hybridized carbons (Fsp3) is 0.976. The zero-order valence-electron chi connectivity index (χ0n) is 32.5. The van der Waals surface area contributed by atoms with E-state index in [9.17, 15) is 4.79 Å². The second-order valence-corrected chi connectivity index (χ2v) is 17.0. The molecule has 0 atom stereocenters. The Kier molecular flexibility index (Phi) is 36.5. The van der Waals surface area contributed by atoms with Crippen molar-refractivity contribution < 1.29 is 4.79 Å². The van der Waals surface area contributed by atoms with Crippen LogP contribution in [-0.4, -0.2) is 91.2 Å². The number of hydrogen-bond acceptors (Lipinski definition) is 5. The summed E-state index contributed by atoms with van der Waals surface area (Å²) in [6.07, 6.45) is 36.1. The Bertz CT molecular complexity index is 648. The smallest absolute Gasteiger partial charge is 0.314 e. The zero-order valence-corrected chi connectivity index (χ0v) is 34.1. The maximum Gasteiger partial charge on any atom is 0.314 e. The van der Waals surface area contributed by atoms with Gasteiger partial charge in [0.15, 0.2) is 0 Å². The Labute approximate surface area is 309 Å². The van der Waals surface area contributed by atoms with Gasteiger partial charge in [-0.1, -0.05) is 142 Å². The van der Waals surface area contributed by atoms with Crippen LogP contribution in [0.25, 0.3) is 0 Å². The topological polar surface area (TPSA) is 47.6 Å². The zero-order chi connectivity index (χ0) is 34.4. The molecule has 1 saturated heterocycles. The van der Waals surface area contributed by atoms with Crippen LogP contribution < -0.4 is 10.6 Å². The second-order valence-electron chi connectivity index (χ2n) is 14.6. The van der Waals surface area contributed by atoms with Crippen molar-refractivity contribution in [2.75, 3.05) is 75.4 Å². The van der Waals surface area contributed by atoms with Crippen LogP contribution >= 0.6 is 23.5 Å². The van der Waals surface area contributed by atoms with E-state index in [2.05, 4.69) is 57.8 Å². The van der Waals surface area contributed by atoms with Gasteiger partial charge in [-0.25, -0.2) is 4.79 Å². The van der Waals surface area contributed by atoms with Gasteiger partial charge in [-0.15, -0.1) is 0 Å². The second kappa shape index (κ2) is 38.1. The van der Waals surface area contributed by atoms with Crippen LogP contribution in [0.15, 0.2) is 0 Å². The van der Waals surface area contributed by atoms with E-state index < -0.39 is 0 Å². The van der Waals surface area contributed by atoms with Crippen molar-refractivity contribution in [2.45, 2.75) is 181 Å². The molecular weight excluding hydrogens is 629 g/mol. The molecule has 1 aliphatic heterocycles. The third-order valence-corrected chi connectivity index (χ3v) is 12.3. The predicted molar refractivity (Wildman–Crippen MR) is 220 cm³/mol. The van der Waals surface area contributed by atoms with Gasteiger partial charge in [-0.2, -0.15) is 23.5 Å². The summed E-state index contributed by atoms with van der Waals surface area (Å²) >= 11 is 4.25. The van der Waals surface area contributed by atoms with E-state index in [0.29, 0.717) is 0 Å². The number of carbonyl (C=O) groups excluding carboxylic acids is 1. The Morgan fingerprint density at radius 3 is 1.15 bits per heavy atom. The first kappa shape index (κ1) is 45.9. The van der Waals surface area contributed by atoms with Gasteiger partial charge in [-0.3, -0.25) is 0 Å². The molecule has 0 spiro atoms. The van der Waals surface area contributed by atoms with Crippen molar-refractivity contribution in [2.24, 2.45) is 0 Å². The van der Waals surface area contributed by atoms with Gasteiger partial charge in [0.1, 0.15) is 0 Å². The van der Waals surface area contributed by atoms with Crippen LogP contribution in [0.4, 0.5) is 4.79 Å². The number of unbranched alkanes of at least 4 members (excludes halogenated alkanes) is 21. The highest BCUT2D eigenvalue weighted by molar-refractivity contribution is 7.99. The third kappa shape index (κ3) is 33.1. The summed E-state index contributed by atoms with van der Waals surface area (Å²) in [5, 5.41) is 6.10. The lowest BCUT2D eigenvalue weighted by Gasteiger charge is -2.34. The van der Waals surface area contributed by atoms with E-state index in [-0.39, 0.29) is 6.03 Å². The number of nitrogens with zero attached hydrogens (tertiary/aromatic N) is 2. The summed E-state index contributed by atoms with van der Waals surface area (Å²) in [5.41, 5.74) is 0. The molecule has 0 unspecified atom stereocenters. The molecule has 0 bridgehead atoms. The van der Waals surface area contributed by atoms with Gasteiger partial charge in [-0.05, 0) is 74.6 Å². The summed E-state index contributed by atoms with van der Waals surface area (Å²) < 4.78 is 0. The predicted octanol–water partition coefficient (Wildman–Crippen LogP) is 11.6. The number of hydrogen-bond donors (Lipinski definition) is 2. The SMILES string of the molecule is CCCCCCCCCCCCSCCCCCCN1CCN(CCCNC(=O)NCCCSCCCCCCCCCCCC)CC1. The van der Waals surface area contributed by atoms with Crippen LogP contribution in [0.1, 0.15) is 181 Å². The van der Waals surface area contributed by atoms with E-state index in [0.717, 1.165) is 38.2 Å². The quantitative estimate of drug-likeness (QED) is 0.0628. The van der Waals surface area contributed by atoms with Gasteiger partial charge in [0, 0.05) is 39.3 Å². The molecule has 2 N–H and O–H groups in total. The number of urea groups is 1. The maximum absolute atomic E-state index is 12.1. The van der Waals surface area contributed by atoms with E-state index >= 15 is 0 Å². The average molecular weight is 713 g/mol. The molecule has 1 heterocycles. The van der Waals surface area contributed by atoms with Crippen LogP contribution in [0.2, 0.25) is 0 Å². The van der Waals surface area contributed by atoms with E-state index in [1.54, 1.807) is 0 Å². The Morgan fingerprint density at radius 2 is 0.729 bits per heavy atom. The standard InChI is InChI=1S/C41H84N4OS2/c1-3-5-7-9-11-13-15-17-20-24-37-47-38-26-22-19-23-31-44-33-35-45(36-34-44)32-27-29-42-41(46)43-30-28-40-48-39-25-21-18-16-14-12-10-8-6-4-2/h3-40H2,1-2H3,(H2,42,43,46). The van der Waals surface area contributed by atoms with Crippen molar-refractivity contribution in [3.8, 4) is 0 Å². The number of rotatable bonds is 37. The summed E-state index contributed by atoms with van der Waals surface area (Å²) in [7, 11) is 0. The summed E-state index contributed by atoms with van der Waals surface area (Å²) in [6, 6.07) is 0.00666. The molecule has 0 aromatic rings. The Morgan fingerprint density at radius 1 is 0.417 bits per heavy atom. The number of thioether (sulfide) groups is 2. The molecule has 286 valence electrons. The fourth-order valence-corrected chi connectivity index (χ4v) is 8.64. The van der Waals surface area contributed by atoms with Crippen molar-refractivity contribution in [1.82, 2.24) is 20.4 Å². The average Bonchev–Trinajstić information content (AvgIpc) is 3.10. The van der Waals surface area contributed by atoms with Crippen LogP contribution in [0.3, 0.4) is 0 Å². The molecule has 0 aliphatic carbocycles. The Balaban J connectivity index is 1.76. The van der Waals surface area contributed by atoms with Gasteiger partial charge in [0.2, 0.25) is 0 Å². The number of carbonyl (C=O) groups is 1. The normalized spacial score (nSPS) is 14.1. The lowest BCUT2D eigenvalue weighted by atomic mass is 10.1. The number of amides is 2. The molecule has 1 fully saturated rings. The highest BCUT2D eigenvalue weighted by atomic mass is 32.2. The van der Waals surface area contributed by atoms with Gasteiger partial charge < -0.3 is 20.4 Å². The van der Waals surface area contributed by atoms with Crippen molar-refractivity contribution in [1.29, 1.82) is 0 Å². The lowest BCUT2D eigenvalue weighted by molar-refractivity contribution is 0.130. The minimum absolute atomic E-state index is 0.00666. The highest BCUT2D eigenvalue weighted by Gasteiger charge is 2.16. The van der Waals surface area contributed by atoms with Crippen LogP contribution in [0.5, 0.6) is 0 Å². The molecule has 0 aromatic heterocycles. The maximum atomic E-state index is 12.1. The molecule has 7 heteroatoms. The summed E-state index contributed by atoms with van der Waals surface area (Å²) in [6.45, 7) is 13.3. The molecule has 5 nitrogen and oxygen atoms in total. The van der Waals surface area contributed by atoms with E-state index in [4.69, 9.17) is 0 Å². The molecular formula is C41H84N4OS2. The number of piperazine rings is 1. The molecule has 1 aliphatic rings. The molecule has 2 amide bonds. The highest BCUT2D eigenvalue weighted by Crippen LogP contribution is 2.15. The number of nitrogens with one attached hydrogen (secondary N) is 2. The van der Waals surface area contributed by atoms with Gasteiger partial charge in [0.05, 0.1) is 0 Å². The largest absolute Gasteiger partial charge is 0.338 e. The van der Waals surface area contributed by atoms with Gasteiger partial charge >= 0.3 is 6.03 Å². The van der Waals surface area contributed by atoms with E-state index in [1.165, 1.54) is 204 Å². The summed E-state index contributed by atoms with van der Waals surface area (Å²) in [4.78, 5) is 17.4. The van der Waals surface area contributed by atoms with Crippen molar-refractivity contribution in [3.63, 3.8) is 0 Å². The molecule has 1 rings (SSSR count). The summed E-state index contributed by atoms with van der Waals surface area (Å²) in [5.74, 6) is 5.17. The third-order valence-electron chi connectivity index (χ3n) is 9.95. The van der Waals surface area contributed by atoms with Gasteiger partial charge in [0.25, 0.3) is 0 Å². The van der Waals surface area contributed by atoms with Crippen LogP contribution in [0, 0.1) is 0 Å². The van der Waals surface area contributed by atoms with E-state index in [1.807, 2.05) is 0 Å². The monoisotopic (exact) mass is 713 g/mol. The molecule has 48 heavy (non-hydrogen) atoms. The minimum atomic E-state index is 0.00666. The fourth-order valence-electron chi connectivity index (χ4n) is 6.66. The first-order valence-corrected chi connectivity index (χ1v) is 23.7. The first-order chi connectivity index (χ1) is 23.8. The first-order valence-electron chi connectivity index (χ1n) is 21.4. The van der Waals surface area contributed by atoms with Crippen LogP contribution in [-0.2, 0) is 0 Å². The molecule has 0 saturated carbocycles. The van der Waals surface area contributed by atoms with Crippen molar-refractivity contribution in [3.05, 3.63) is 0 Å².